The molecule has 0 spiro atoms. The molecule has 10 nitrogen and oxygen atoms in total. The van der Waals surface area contributed by atoms with Crippen molar-refractivity contribution < 1.29 is 17.9 Å². The van der Waals surface area contributed by atoms with Crippen LogP contribution in [0.5, 0.6) is 0 Å². The summed E-state index contributed by atoms with van der Waals surface area (Å²) in [7, 11) is -3.44. The van der Waals surface area contributed by atoms with Crippen LogP contribution in [-0.2, 0) is 19.6 Å². The van der Waals surface area contributed by atoms with E-state index in [0.717, 1.165) is 26.0 Å². The second-order valence-electron chi connectivity index (χ2n) is 11.1. The van der Waals surface area contributed by atoms with Crippen molar-refractivity contribution in [1.29, 1.82) is 0 Å². The van der Waals surface area contributed by atoms with Gasteiger partial charge in [-0.2, -0.15) is 0 Å². The Balaban J connectivity index is 1.47. The van der Waals surface area contributed by atoms with E-state index >= 15 is 0 Å². The number of halogens is 2. The normalized spacial score (nSPS) is 22.0. The Labute approximate surface area is 240 Å². The van der Waals surface area contributed by atoms with Crippen LogP contribution in [0.1, 0.15) is 53.4 Å². The van der Waals surface area contributed by atoms with Gasteiger partial charge in [0.05, 0.1) is 28.0 Å². The number of hydrogen-bond acceptors (Lipinski definition) is 8. The molecule has 0 bridgehead atoms. The van der Waals surface area contributed by atoms with E-state index < -0.39 is 21.2 Å². The summed E-state index contributed by atoms with van der Waals surface area (Å²) < 4.78 is 32.4. The van der Waals surface area contributed by atoms with Crippen molar-refractivity contribution in [3.63, 3.8) is 0 Å². The number of nitrogens with zero attached hydrogens (tertiary/aromatic N) is 4. The van der Waals surface area contributed by atoms with E-state index in [1.54, 1.807) is 26.1 Å². The average molecular weight is 600 g/mol. The maximum Gasteiger partial charge on any atom is 0.229 e. The highest BCUT2D eigenvalue weighted by Crippen LogP contribution is 2.34. The molecular weight excluding hydrogens is 563 g/mol. The van der Waals surface area contributed by atoms with Crippen molar-refractivity contribution in [2.45, 2.75) is 64.2 Å². The minimum Gasteiger partial charge on any atom is -0.376 e. The lowest BCUT2D eigenvalue weighted by atomic mass is 9.88. The minimum absolute atomic E-state index is 0.141. The monoisotopic (exact) mass is 598 g/mol. The Morgan fingerprint density at radius 3 is 2.69 bits per heavy atom. The Morgan fingerprint density at radius 1 is 1.21 bits per heavy atom. The zero-order chi connectivity index (χ0) is 28.4. The lowest BCUT2D eigenvalue weighted by Gasteiger charge is -2.35. The molecule has 4 heterocycles. The molecule has 0 radical (unpaired) electrons. The fourth-order valence-electron chi connectivity index (χ4n) is 5.01. The lowest BCUT2D eigenvalue weighted by molar-refractivity contribution is -0.120. The maximum atomic E-state index is 13.1. The van der Waals surface area contributed by atoms with Crippen LogP contribution in [0.25, 0.3) is 11.3 Å². The zero-order valence-electron chi connectivity index (χ0n) is 22.7. The van der Waals surface area contributed by atoms with Crippen molar-refractivity contribution >= 4 is 50.8 Å². The number of piperidine rings is 1. The van der Waals surface area contributed by atoms with E-state index in [2.05, 4.69) is 39.4 Å². The third kappa shape index (κ3) is 7.38. The summed E-state index contributed by atoms with van der Waals surface area (Å²) in [6, 6.07) is 1.60. The molecule has 2 aromatic heterocycles. The molecule has 1 amide bonds. The van der Waals surface area contributed by atoms with Crippen molar-refractivity contribution in [2.24, 2.45) is 11.8 Å². The fraction of sp³-hybridized carbons (Fsp3) is 0.615. The number of rotatable bonds is 8. The average Bonchev–Trinajstić information content (AvgIpc) is 2.89. The van der Waals surface area contributed by atoms with Gasteiger partial charge in [-0.25, -0.2) is 27.7 Å². The van der Waals surface area contributed by atoms with Gasteiger partial charge in [-0.1, -0.05) is 23.2 Å². The third-order valence-electron chi connectivity index (χ3n) is 7.17. The molecule has 2 atom stereocenters. The zero-order valence-corrected chi connectivity index (χ0v) is 25.0. The van der Waals surface area contributed by atoms with Gasteiger partial charge >= 0.3 is 0 Å². The highest BCUT2D eigenvalue weighted by Gasteiger charge is 2.34. The minimum atomic E-state index is -3.44. The largest absolute Gasteiger partial charge is 0.376 e. The Hall–Kier alpha value is -2.05. The van der Waals surface area contributed by atoms with E-state index in [1.807, 2.05) is 0 Å². The molecule has 2 aliphatic heterocycles. The smallest absolute Gasteiger partial charge is 0.229 e. The standard InChI is InChI=1S/C26H36Cl2N6O4S/c1-16(2)39(36,37)34-8-5-6-18(15-34)25(35)33-21-10-19(20(27)13-30-21)23-24(28)31-14-22(32-23)29-12-17-7-9-38-26(3,4)11-17/h10,13-14,16-18H,5-9,11-12,15H2,1-4H3,(H,29,32)(H,30,33,35)/t17-,18+/m1/s1. The van der Waals surface area contributed by atoms with Crippen LogP contribution in [0.3, 0.4) is 0 Å². The number of nitrogens with one attached hydrogen (secondary N) is 2. The van der Waals surface area contributed by atoms with Gasteiger partial charge in [-0.05, 0) is 65.4 Å². The molecule has 0 unspecified atom stereocenters. The first kappa shape index (κ1) is 29.9. The Bertz CT molecular complexity index is 1310. The summed E-state index contributed by atoms with van der Waals surface area (Å²) in [6.45, 7) is 9.48. The first-order chi connectivity index (χ1) is 18.4. The lowest BCUT2D eigenvalue weighted by Crippen LogP contribution is -2.46. The van der Waals surface area contributed by atoms with Crippen molar-refractivity contribution in [3.05, 3.63) is 28.6 Å². The molecule has 0 aliphatic carbocycles. The Kier molecular flexibility index (Phi) is 9.37. The summed E-state index contributed by atoms with van der Waals surface area (Å²) >= 11 is 12.9. The second kappa shape index (κ2) is 12.2. The van der Waals surface area contributed by atoms with Crippen LogP contribution < -0.4 is 10.6 Å². The van der Waals surface area contributed by atoms with Gasteiger partial charge in [0.25, 0.3) is 0 Å². The van der Waals surface area contributed by atoms with Gasteiger partial charge in [0.15, 0.2) is 5.15 Å². The van der Waals surface area contributed by atoms with Gasteiger partial charge in [0.1, 0.15) is 17.3 Å². The summed E-state index contributed by atoms with van der Waals surface area (Å²) in [5.41, 5.74) is 0.692. The van der Waals surface area contributed by atoms with Crippen molar-refractivity contribution in [3.8, 4) is 11.3 Å². The van der Waals surface area contributed by atoms with E-state index in [4.69, 9.17) is 27.9 Å². The molecule has 2 N–H and O–H groups in total. The van der Waals surface area contributed by atoms with Crippen molar-refractivity contribution in [2.75, 3.05) is 36.9 Å². The summed E-state index contributed by atoms with van der Waals surface area (Å²) in [4.78, 5) is 26.2. The van der Waals surface area contributed by atoms with Crippen LogP contribution in [0, 0.1) is 11.8 Å². The first-order valence-electron chi connectivity index (χ1n) is 13.2. The van der Waals surface area contributed by atoms with Gasteiger partial charge in [0, 0.05) is 38.0 Å². The van der Waals surface area contributed by atoms with Gasteiger partial charge in [-0.3, -0.25) is 4.79 Å². The number of ether oxygens (including phenoxy) is 1. The van der Waals surface area contributed by atoms with Gasteiger partial charge in [0.2, 0.25) is 15.9 Å². The maximum absolute atomic E-state index is 13.1. The van der Waals surface area contributed by atoms with E-state index in [0.29, 0.717) is 47.4 Å². The quantitative estimate of drug-likeness (QED) is 0.441. The highest BCUT2D eigenvalue weighted by atomic mass is 35.5. The number of pyridine rings is 1. The van der Waals surface area contributed by atoms with E-state index in [9.17, 15) is 13.2 Å². The molecule has 13 heteroatoms. The summed E-state index contributed by atoms with van der Waals surface area (Å²) in [5, 5.41) is 6.09. The molecule has 39 heavy (non-hydrogen) atoms. The number of carbonyl (C=O) groups excluding carboxylic acids is 1. The predicted octanol–water partition coefficient (Wildman–Crippen LogP) is 4.85. The molecular formula is C26H36Cl2N6O4S. The summed E-state index contributed by atoms with van der Waals surface area (Å²) in [6.07, 6.45) is 6.10. The number of sulfonamides is 1. The topological polar surface area (TPSA) is 126 Å². The fourth-order valence-corrected chi connectivity index (χ4v) is 6.77. The SMILES string of the molecule is CC(C)S(=O)(=O)N1CCC[C@H](C(=O)Nc2cc(-c3nc(NC[C@@H]4CCOC(C)(C)C4)cnc3Cl)c(Cl)cn2)C1. The molecule has 0 aromatic carbocycles. The van der Waals surface area contributed by atoms with Crippen LogP contribution in [0.4, 0.5) is 11.6 Å². The molecule has 2 aliphatic rings. The van der Waals surface area contributed by atoms with Gasteiger partial charge in [-0.15, -0.1) is 0 Å². The van der Waals surface area contributed by atoms with Crippen LogP contribution >= 0.6 is 23.2 Å². The molecule has 0 saturated carbocycles. The number of amides is 1. The van der Waals surface area contributed by atoms with E-state index in [-0.39, 0.29) is 29.0 Å². The highest BCUT2D eigenvalue weighted by molar-refractivity contribution is 7.89. The molecule has 2 fully saturated rings. The number of aromatic nitrogens is 3. The molecule has 4 rings (SSSR count). The number of hydrogen-bond donors (Lipinski definition) is 2. The second-order valence-corrected chi connectivity index (χ2v) is 14.3. The Morgan fingerprint density at radius 2 is 1.97 bits per heavy atom. The van der Waals surface area contributed by atoms with Crippen LogP contribution in [-0.4, -0.2) is 70.7 Å². The third-order valence-corrected chi connectivity index (χ3v) is 9.99. The van der Waals surface area contributed by atoms with Crippen molar-refractivity contribution in [1.82, 2.24) is 19.3 Å². The summed E-state index contributed by atoms with van der Waals surface area (Å²) in [5.74, 6) is 0.479. The van der Waals surface area contributed by atoms with Gasteiger partial charge < -0.3 is 15.4 Å². The number of anilines is 2. The first-order valence-corrected chi connectivity index (χ1v) is 15.5. The van der Waals surface area contributed by atoms with Crippen LogP contribution in [0.15, 0.2) is 18.5 Å². The number of carbonyl (C=O) groups is 1. The molecule has 2 aromatic rings. The van der Waals surface area contributed by atoms with E-state index in [1.165, 1.54) is 10.5 Å². The predicted molar refractivity (Wildman–Crippen MR) is 154 cm³/mol. The molecule has 2 saturated heterocycles. The van der Waals surface area contributed by atoms with Crippen LogP contribution in [0.2, 0.25) is 10.2 Å². The molecule has 214 valence electrons.